The van der Waals surface area contributed by atoms with E-state index in [1.165, 1.54) is 5.56 Å². The zero-order valence-electron chi connectivity index (χ0n) is 12.9. The van der Waals surface area contributed by atoms with Gasteiger partial charge in [-0.1, -0.05) is 18.2 Å². The lowest BCUT2D eigenvalue weighted by Gasteiger charge is -2.22. The molecule has 1 atom stereocenters. The smallest absolute Gasteiger partial charge is 0.128 e. The Labute approximate surface area is 121 Å². The van der Waals surface area contributed by atoms with E-state index >= 15 is 0 Å². The maximum Gasteiger partial charge on any atom is 0.128 e. The molecule has 1 aliphatic heterocycles. The molecule has 1 heterocycles. The summed E-state index contributed by atoms with van der Waals surface area (Å²) in [5, 5.41) is 13.1. The second-order valence-corrected chi connectivity index (χ2v) is 6.37. The lowest BCUT2D eigenvalue weighted by molar-refractivity contribution is 0.134. The van der Waals surface area contributed by atoms with Crippen LogP contribution in [0.4, 0.5) is 0 Å². The summed E-state index contributed by atoms with van der Waals surface area (Å²) in [5.74, 6) is 0.953. The summed E-state index contributed by atoms with van der Waals surface area (Å²) in [6.45, 7) is 6.06. The van der Waals surface area contributed by atoms with Crippen molar-refractivity contribution in [3.8, 4) is 5.75 Å². The summed E-state index contributed by atoms with van der Waals surface area (Å²) in [6, 6.07) is 6.14. The Kier molecular flexibility index (Phi) is 4.68. The fourth-order valence-corrected chi connectivity index (χ4v) is 2.65. The highest BCUT2D eigenvalue weighted by molar-refractivity contribution is 5.47. The van der Waals surface area contributed by atoms with Gasteiger partial charge in [-0.25, -0.2) is 0 Å². The minimum atomic E-state index is -0.151. The summed E-state index contributed by atoms with van der Waals surface area (Å²) in [5.41, 5.74) is 2.15. The average molecular weight is 278 g/mol. The molecule has 0 amide bonds. The number of hydrogen-bond donors (Lipinski definition) is 2. The molecule has 0 fully saturated rings. The van der Waals surface area contributed by atoms with Gasteiger partial charge in [0.25, 0.3) is 0 Å². The highest BCUT2D eigenvalue weighted by atomic mass is 16.5. The van der Waals surface area contributed by atoms with Crippen molar-refractivity contribution in [3.63, 3.8) is 0 Å². The zero-order chi connectivity index (χ0) is 14.8. The summed E-state index contributed by atoms with van der Waals surface area (Å²) in [7, 11) is 4.09. The molecule has 1 unspecified atom stereocenters. The largest absolute Gasteiger partial charge is 0.487 e. The van der Waals surface area contributed by atoms with Gasteiger partial charge in [0.1, 0.15) is 11.4 Å². The van der Waals surface area contributed by atoms with Crippen LogP contribution in [0.1, 0.15) is 31.0 Å². The molecule has 0 aliphatic carbocycles. The molecule has 0 spiro atoms. The third kappa shape index (κ3) is 3.51. The molecule has 1 aromatic carbocycles. The fraction of sp³-hybridized carbons (Fsp3) is 0.625. The van der Waals surface area contributed by atoms with Crippen LogP contribution < -0.4 is 10.1 Å². The number of benzene rings is 1. The van der Waals surface area contributed by atoms with Crippen molar-refractivity contribution >= 4 is 0 Å². The number of aliphatic hydroxyl groups excluding tert-OH is 1. The van der Waals surface area contributed by atoms with Gasteiger partial charge in [0.05, 0.1) is 12.6 Å². The monoisotopic (exact) mass is 278 g/mol. The molecule has 0 aromatic heterocycles. The number of hydrogen-bond acceptors (Lipinski definition) is 4. The van der Waals surface area contributed by atoms with Gasteiger partial charge in [-0.05, 0) is 33.5 Å². The van der Waals surface area contributed by atoms with Crippen LogP contribution in [0.3, 0.4) is 0 Å². The van der Waals surface area contributed by atoms with Gasteiger partial charge < -0.3 is 20.1 Å². The van der Waals surface area contributed by atoms with E-state index in [1.807, 2.05) is 20.2 Å². The number of aliphatic hydroxyl groups is 1. The van der Waals surface area contributed by atoms with Crippen LogP contribution in [-0.4, -0.2) is 49.4 Å². The average Bonchev–Trinajstić information content (AvgIpc) is 2.68. The Morgan fingerprint density at radius 2 is 2.15 bits per heavy atom. The number of fused-ring (bicyclic) bond motifs is 1. The van der Waals surface area contributed by atoms with Crippen LogP contribution in [0.2, 0.25) is 0 Å². The van der Waals surface area contributed by atoms with Gasteiger partial charge in [0.15, 0.2) is 0 Å². The van der Waals surface area contributed by atoms with E-state index in [2.05, 4.69) is 36.2 Å². The third-order valence-corrected chi connectivity index (χ3v) is 3.63. The van der Waals surface area contributed by atoms with Crippen molar-refractivity contribution in [1.29, 1.82) is 0 Å². The Morgan fingerprint density at radius 3 is 2.80 bits per heavy atom. The van der Waals surface area contributed by atoms with Crippen molar-refractivity contribution in [1.82, 2.24) is 10.2 Å². The number of rotatable bonds is 6. The van der Waals surface area contributed by atoms with Gasteiger partial charge in [0, 0.05) is 25.1 Å². The first-order valence-corrected chi connectivity index (χ1v) is 7.23. The van der Waals surface area contributed by atoms with Crippen molar-refractivity contribution in [2.75, 3.05) is 33.8 Å². The fourth-order valence-electron chi connectivity index (χ4n) is 2.65. The quantitative estimate of drug-likeness (QED) is 0.829. The van der Waals surface area contributed by atoms with Crippen LogP contribution in [0.15, 0.2) is 18.2 Å². The SMILES string of the molecule is CN(C)CCNC(CO)c1cccc2c1OC(C)(C)C2. The van der Waals surface area contributed by atoms with Crippen molar-refractivity contribution in [3.05, 3.63) is 29.3 Å². The highest BCUT2D eigenvalue weighted by Gasteiger charge is 2.32. The normalized spacial score (nSPS) is 17.9. The van der Waals surface area contributed by atoms with E-state index in [-0.39, 0.29) is 18.2 Å². The Bertz CT molecular complexity index is 458. The molecule has 4 heteroatoms. The van der Waals surface area contributed by atoms with Crippen molar-refractivity contribution in [2.24, 2.45) is 0 Å². The molecule has 0 radical (unpaired) electrons. The van der Waals surface area contributed by atoms with Crippen LogP contribution in [0.25, 0.3) is 0 Å². The van der Waals surface area contributed by atoms with Crippen molar-refractivity contribution < 1.29 is 9.84 Å². The highest BCUT2D eigenvalue weighted by Crippen LogP contribution is 2.39. The minimum Gasteiger partial charge on any atom is -0.487 e. The topological polar surface area (TPSA) is 44.7 Å². The van der Waals surface area contributed by atoms with E-state index in [1.54, 1.807) is 0 Å². The molecule has 0 bridgehead atoms. The first-order valence-electron chi connectivity index (χ1n) is 7.23. The summed E-state index contributed by atoms with van der Waals surface area (Å²) in [6.07, 6.45) is 0.923. The maximum atomic E-state index is 9.67. The lowest BCUT2D eigenvalue weighted by atomic mass is 9.98. The molecule has 1 aromatic rings. The predicted octanol–water partition coefficient (Wildman–Crippen LogP) is 1.58. The van der Waals surface area contributed by atoms with E-state index < -0.39 is 0 Å². The first-order chi connectivity index (χ1) is 9.43. The molecule has 2 rings (SSSR count). The van der Waals surface area contributed by atoms with Gasteiger partial charge in [0.2, 0.25) is 0 Å². The molecule has 4 nitrogen and oxygen atoms in total. The Morgan fingerprint density at radius 1 is 1.40 bits per heavy atom. The summed E-state index contributed by atoms with van der Waals surface area (Å²) >= 11 is 0. The summed E-state index contributed by atoms with van der Waals surface area (Å²) in [4.78, 5) is 2.12. The third-order valence-electron chi connectivity index (χ3n) is 3.63. The Balaban J connectivity index is 2.14. The minimum absolute atomic E-state index is 0.0706. The molecule has 1 aliphatic rings. The van der Waals surface area contributed by atoms with Crippen LogP contribution in [-0.2, 0) is 6.42 Å². The number of para-hydroxylation sites is 1. The molecule has 0 saturated heterocycles. The Hall–Kier alpha value is -1.10. The van der Waals surface area contributed by atoms with Crippen LogP contribution >= 0.6 is 0 Å². The van der Waals surface area contributed by atoms with E-state index in [0.29, 0.717) is 0 Å². The van der Waals surface area contributed by atoms with Gasteiger partial charge in [-0.2, -0.15) is 0 Å². The first kappa shape index (κ1) is 15.3. The second kappa shape index (κ2) is 6.12. The number of nitrogens with zero attached hydrogens (tertiary/aromatic N) is 1. The number of likely N-dealkylation sites (N-methyl/N-ethyl adjacent to an activating group) is 1. The number of ether oxygens (including phenoxy) is 1. The van der Waals surface area contributed by atoms with E-state index in [0.717, 1.165) is 30.8 Å². The molecule has 2 N–H and O–H groups in total. The van der Waals surface area contributed by atoms with Crippen molar-refractivity contribution in [2.45, 2.75) is 31.9 Å². The summed E-state index contributed by atoms with van der Waals surface area (Å²) < 4.78 is 6.07. The number of nitrogens with one attached hydrogen (secondary N) is 1. The van der Waals surface area contributed by atoms with E-state index in [9.17, 15) is 5.11 Å². The lowest BCUT2D eigenvalue weighted by Crippen LogP contribution is -2.32. The molecular weight excluding hydrogens is 252 g/mol. The molecular formula is C16H26N2O2. The van der Waals surface area contributed by atoms with Crippen LogP contribution in [0, 0.1) is 0 Å². The van der Waals surface area contributed by atoms with Gasteiger partial charge in [-0.3, -0.25) is 0 Å². The van der Waals surface area contributed by atoms with Gasteiger partial charge in [-0.15, -0.1) is 0 Å². The van der Waals surface area contributed by atoms with Gasteiger partial charge >= 0.3 is 0 Å². The predicted molar refractivity (Wildman–Crippen MR) is 81.2 cm³/mol. The zero-order valence-corrected chi connectivity index (χ0v) is 12.9. The standard InChI is InChI=1S/C16H26N2O2/c1-16(2)10-12-6-5-7-13(15(12)20-16)14(11-19)17-8-9-18(3)4/h5-7,14,17,19H,8-11H2,1-4H3. The molecule has 20 heavy (non-hydrogen) atoms. The maximum absolute atomic E-state index is 9.67. The van der Waals surface area contributed by atoms with Crippen LogP contribution in [0.5, 0.6) is 5.75 Å². The molecule has 0 saturated carbocycles. The second-order valence-electron chi connectivity index (χ2n) is 6.37. The molecule has 112 valence electrons. The van der Waals surface area contributed by atoms with E-state index in [4.69, 9.17) is 4.74 Å².